The molecule has 0 aromatic heterocycles. The Balaban J connectivity index is 1.61. The molecule has 28 heavy (non-hydrogen) atoms. The van der Waals surface area contributed by atoms with E-state index in [2.05, 4.69) is 24.3 Å². The van der Waals surface area contributed by atoms with Crippen LogP contribution in [0.1, 0.15) is 37.0 Å². The van der Waals surface area contributed by atoms with Gasteiger partial charge in [0, 0.05) is 0 Å². The van der Waals surface area contributed by atoms with Gasteiger partial charge in [-0.3, -0.25) is 0 Å². The molecule has 0 bridgehead atoms. The minimum absolute atomic E-state index is 0.0514. The van der Waals surface area contributed by atoms with E-state index in [0.29, 0.717) is 6.42 Å². The summed E-state index contributed by atoms with van der Waals surface area (Å²) in [6.45, 7) is 5.40. The van der Waals surface area contributed by atoms with E-state index in [0.717, 1.165) is 12.0 Å². The lowest BCUT2D eigenvalue weighted by Gasteiger charge is -2.28. The zero-order valence-electron chi connectivity index (χ0n) is 16.3. The number of nitrogens with one attached hydrogen (secondary N) is 1. The highest BCUT2D eigenvalue weighted by Gasteiger charge is 2.34. The van der Waals surface area contributed by atoms with E-state index < -0.39 is 21.4 Å². The minimum Gasteiger partial charge on any atom is -0.355 e. The number of carbonyl (C=O) groups excluding carboxylic acids is 1. The molecule has 0 amide bonds. The predicted molar refractivity (Wildman–Crippen MR) is 109 cm³/mol. The Labute approximate surface area is 166 Å². The van der Waals surface area contributed by atoms with Gasteiger partial charge < -0.3 is 4.84 Å². The monoisotopic (exact) mass is 399 g/mol. The highest BCUT2D eigenvalue weighted by molar-refractivity contribution is 7.89. The van der Waals surface area contributed by atoms with Crippen LogP contribution in [0, 0.1) is 18.3 Å². The molecule has 2 aromatic rings. The number of carbonyl (C=O) groups is 1. The maximum atomic E-state index is 12.5. The summed E-state index contributed by atoms with van der Waals surface area (Å²) in [5.74, 6) is -0.415. The molecule has 1 unspecified atom stereocenters. The summed E-state index contributed by atoms with van der Waals surface area (Å²) in [5.41, 5.74) is 2.56. The number of fused-ring (bicyclic) bond motifs is 1. The Bertz CT molecular complexity index is 991. The van der Waals surface area contributed by atoms with Crippen molar-refractivity contribution in [1.29, 1.82) is 0 Å². The van der Waals surface area contributed by atoms with Gasteiger partial charge in [0.15, 0.2) is 0 Å². The van der Waals surface area contributed by atoms with Gasteiger partial charge in [-0.2, -0.15) is 0 Å². The second-order valence-corrected chi connectivity index (χ2v) is 9.54. The van der Waals surface area contributed by atoms with Crippen molar-refractivity contribution in [3.05, 3.63) is 71.3 Å². The minimum atomic E-state index is -3.91. The van der Waals surface area contributed by atoms with Crippen LogP contribution in [-0.2, 0) is 26.1 Å². The molecular formula is C22H25NO4S. The Morgan fingerprint density at radius 3 is 2.54 bits per heavy atom. The lowest BCUT2D eigenvalue weighted by Crippen LogP contribution is -2.36. The van der Waals surface area contributed by atoms with Crippen LogP contribution in [-0.4, -0.2) is 14.4 Å². The van der Waals surface area contributed by atoms with Gasteiger partial charge in [0.2, 0.25) is 0 Å². The van der Waals surface area contributed by atoms with Crippen molar-refractivity contribution >= 4 is 22.1 Å². The number of sulfonamides is 1. The first-order valence-corrected chi connectivity index (χ1v) is 10.7. The molecule has 0 fully saturated rings. The Hall–Kier alpha value is -2.44. The molecule has 6 heteroatoms. The van der Waals surface area contributed by atoms with E-state index in [1.165, 1.54) is 23.3 Å². The molecule has 3 rings (SSSR count). The summed E-state index contributed by atoms with van der Waals surface area (Å²) in [5, 5.41) is 0. The molecule has 0 aliphatic heterocycles. The van der Waals surface area contributed by atoms with E-state index >= 15 is 0 Å². The second kappa shape index (κ2) is 7.89. The van der Waals surface area contributed by atoms with Gasteiger partial charge in [-0.1, -0.05) is 54.1 Å². The molecule has 0 saturated heterocycles. The highest BCUT2D eigenvalue weighted by atomic mass is 32.2. The van der Waals surface area contributed by atoms with Crippen LogP contribution in [0.25, 0.3) is 6.08 Å². The molecule has 0 saturated carbocycles. The van der Waals surface area contributed by atoms with Gasteiger partial charge in [-0.25, -0.2) is 13.2 Å². The van der Waals surface area contributed by atoms with E-state index in [4.69, 9.17) is 4.84 Å². The number of rotatable bonds is 6. The van der Waals surface area contributed by atoms with Gasteiger partial charge >= 0.3 is 5.97 Å². The predicted octanol–water partition coefficient (Wildman–Crippen LogP) is 4.03. The lowest BCUT2D eigenvalue weighted by molar-refractivity contribution is -0.158. The Morgan fingerprint density at radius 2 is 1.82 bits per heavy atom. The smallest absolute Gasteiger partial charge is 0.331 e. The van der Waals surface area contributed by atoms with Crippen LogP contribution < -0.4 is 4.89 Å². The third kappa shape index (κ3) is 4.69. The van der Waals surface area contributed by atoms with Crippen LogP contribution in [0.4, 0.5) is 0 Å². The second-order valence-electron chi connectivity index (χ2n) is 7.90. The fourth-order valence-electron chi connectivity index (χ4n) is 3.35. The summed E-state index contributed by atoms with van der Waals surface area (Å²) >= 11 is 0. The van der Waals surface area contributed by atoms with Crippen molar-refractivity contribution in [3.63, 3.8) is 0 Å². The fourth-order valence-corrected chi connectivity index (χ4v) is 4.12. The number of hydrogen-bond donors (Lipinski definition) is 1. The number of benzene rings is 2. The van der Waals surface area contributed by atoms with Crippen molar-refractivity contribution in [3.8, 4) is 0 Å². The summed E-state index contributed by atoms with van der Waals surface area (Å²) in [6.07, 6.45) is 5.58. The fraction of sp³-hybridized carbons (Fsp3) is 0.318. The van der Waals surface area contributed by atoms with Crippen molar-refractivity contribution < 1.29 is 18.0 Å². The van der Waals surface area contributed by atoms with Crippen LogP contribution in [0.3, 0.4) is 0 Å². The third-order valence-corrected chi connectivity index (χ3v) is 6.18. The van der Waals surface area contributed by atoms with Crippen LogP contribution in [0.2, 0.25) is 0 Å². The van der Waals surface area contributed by atoms with Crippen LogP contribution >= 0.6 is 0 Å². The molecule has 0 heterocycles. The van der Waals surface area contributed by atoms with Crippen molar-refractivity contribution in [2.45, 2.75) is 38.5 Å². The Kier molecular flexibility index (Phi) is 5.72. The molecule has 0 radical (unpaired) electrons. The molecule has 0 spiro atoms. The third-order valence-electron chi connectivity index (χ3n) is 4.99. The first-order valence-electron chi connectivity index (χ1n) is 9.23. The molecule has 1 N–H and O–H groups in total. The summed E-state index contributed by atoms with van der Waals surface area (Å²) in [7, 11) is -3.91. The average molecular weight is 400 g/mol. The van der Waals surface area contributed by atoms with Gasteiger partial charge in [0.05, 0.1) is 10.3 Å². The normalized spacial score (nSPS) is 16.5. The molecule has 2 aromatic carbocycles. The number of allylic oxidation sites excluding steroid dienone is 1. The SMILES string of the molecule is Cc1ccc(S(=O)(=O)NOC(=O)C(C)(C)CC2C=Cc3ccccc3C2)cc1. The molecule has 1 aliphatic carbocycles. The first-order chi connectivity index (χ1) is 13.2. The van der Waals surface area contributed by atoms with Crippen LogP contribution in [0.5, 0.6) is 0 Å². The molecule has 148 valence electrons. The zero-order chi connectivity index (χ0) is 20.4. The van der Waals surface area contributed by atoms with Gasteiger partial charge in [0.1, 0.15) is 0 Å². The number of aryl methyl sites for hydroxylation is 1. The van der Waals surface area contributed by atoms with E-state index in [1.807, 2.05) is 23.9 Å². The lowest BCUT2D eigenvalue weighted by atomic mass is 9.78. The quantitative estimate of drug-likeness (QED) is 0.744. The molecular weight excluding hydrogens is 374 g/mol. The zero-order valence-corrected chi connectivity index (χ0v) is 17.1. The molecule has 1 aliphatic rings. The standard InChI is InChI=1S/C22H25NO4S/c1-16-8-12-20(13-9-16)28(25,26)23-27-21(24)22(2,3)15-17-10-11-18-6-4-5-7-19(18)14-17/h4-13,17,23H,14-15H2,1-3H3. The topological polar surface area (TPSA) is 72.5 Å². The largest absolute Gasteiger partial charge is 0.355 e. The number of hydrogen-bond acceptors (Lipinski definition) is 4. The molecule has 1 atom stereocenters. The van der Waals surface area contributed by atoms with E-state index in [-0.39, 0.29) is 10.8 Å². The summed E-state index contributed by atoms with van der Waals surface area (Å²) in [4.78, 5) is 19.5. The first kappa shape index (κ1) is 20.3. The maximum Gasteiger partial charge on any atom is 0.331 e. The molecule has 5 nitrogen and oxygen atoms in total. The van der Waals surface area contributed by atoms with Crippen LogP contribution in [0.15, 0.2) is 59.5 Å². The highest BCUT2D eigenvalue weighted by Crippen LogP contribution is 2.33. The van der Waals surface area contributed by atoms with Gasteiger partial charge in [0.25, 0.3) is 10.0 Å². The van der Waals surface area contributed by atoms with E-state index in [9.17, 15) is 13.2 Å². The van der Waals surface area contributed by atoms with Crippen molar-refractivity contribution in [2.24, 2.45) is 11.3 Å². The van der Waals surface area contributed by atoms with Gasteiger partial charge in [-0.15, -0.1) is 0 Å². The maximum absolute atomic E-state index is 12.5. The summed E-state index contributed by atoms with van der Waals surface area (Å²) in [6, 6.07) is 14.5. The van der Waals surface area contributed by atoms with Crippen molar-refractivity contribution in [1.82, 2.24) is 4.89 Å². The Morgan fingerprint density at radius 1 is 1.14 bits per heavy atom. The van der Waals surface area contributed by atoms with E-state index in [1.54, 1.807) is 26.0 Å². The summed E-state index contributed by atoms with van der Waals surface area (Å²) < 4.78 is 24.6. The van der Waals surface area contributed by atoms with Crippen molar-refractivity contribution in [2.75, 3.05) is 0 Å². The average Bonchev–Trinajstić information content (AvgIpc) is 2.66. The van der Waals surface area contributed by atoms with Gasteiger partial charge in [-0.05, 0) is 67.7 Å².